The van der Waals surface area contributed by atoms with E-state index >= 15 is 0 Å². The minimum Gasteiger partial charge on any atom is -0.409 e. The molecule has 0 unspecified atom stereocenters. The molecule has 0 amide bonds. The van der Waals surface area contributed by atoms with Crippen LogP contribution in [0.25, 0.3) is 10.9 Å². The number of aromatic amines is 1. The summed E-state index contributed by atoms with van der Waals surface area (Å²) in [5.74, 6) is 0.775. The number of nitrogens with one attached hydrogen (secondary N) is 1. The normalized spacial score (nSPS) is 12.0. The van der Waals surface area contributed by atoms with E-state index in [9.17, 15) is 0 Å². The van der Waals surface area contributed by atoms with Gasteiger partial charge < -0.3 is 10.9 Å². The van der Waals surface area contributed by atoms with Gasteiger partial charge in [-0.25, -0.2) is 9.97 Å². The molecule has 0 aliphatic heterocycles. The number of nitrogens with two attached hydrogens (primary N) is 1. The fraction of sp³-hybridized carbons (Fsp3) is 0.0769. The molecule has 106 valence electrons. The molecule has 0 fully saturated rings. The van der Waals surface area contributed by atoms with Gasteiger partial charge in [0.05, 0.1) is 5.52 Å². The second kappa shape index (κ2) is 5.41. The highest BCUT2D eigenvalue weighted by Crippen LogP contribution is 2.27. The molecule has 0 atom stereocenters. The van der Waals surface area contributed by atoms with Crippen molar-refractivity contribution in [1.82, 2.24) is 20.2 Å². The molecule has 0 spiro atoms. The van der Waals surface area contributed by atoms with Crippen molar-refractivity contribution >= 4 is 28.5 Å². The van der Waals surface area contributed by atoms with Crippen LogP contribution in [0.1, 0.15) is 11.4 Å². The molecule has 0 aliphatic carbocycles. The van der Waals surface area contributed by atoms with Crippen molar-refractivity contribution in [1.29, 1.82) is 0 Å². The van der Waals surface area contributed by atoms with Crippen LogP contribution in [0.15, 0.2) is 45.7 Å². The van der Waals surface area contributed by atoms with Gasteiger partial charge in [-0.2, -0.15) is 0 Å². The van der Waals surface area contributed by atoms with Gasteiger partial charge in [0.2, 0.25) is 5.16 Å². The molecule has 0 radical (unpaired) electrons. The highest BCUT2D eigenvalue weighted by molar-refractivity contribution is 7.99. The van der Waals surface area contributed by atoms with Gasteiger partial charge >= 0.3 is 0 Å². The van der Waals surface area contributed by atoms with Crippen molar-refractivity contribution in [2.45, 2.75) is 17.1 Å². The summed E-state index contributed by atoms with van der Waals surface area (Å²) in [5, 5.41) is 20.9. The largest absolute Gasteiger partial charge is 0.409 e. The zero-order valence-electron chi connectivity index (χ0n) is 11.1. The summed E-state index contributed by atoms with van der Waals surface area (Å²) < 4.78 is 0. The van der Waals surface area contributed by atoms with Crippen molar-refractivity contribution in [3.05, 3.63) is 41.7 Å². The molecule has 2 heterocycles. The van der Waals surface area contributed by atoms with E-state index in [-0.39, 0.29) is 5.84 Å². The number of aryl methyl sites for hydroxylation is 1. The molecule has 0 aliphatic rings. The number of pyridine rings is 1. The van der Waals surface area contributed by atoms with Crippen molar-refractivity contribution < 1.29 is 5.21 Å². The Hall–Kier alpha value is -2.61. The summed E-state index contributed by atoms with van der Waals surface area (Å²) in [6.45, 7) is 1.83. The predicted molar refractivity (Wildman–Crippen MR) is 79.5 cm³/mol. The maximum atomic E-state index is 8.94. The van der Waals surface area contributed by atoms with Crippen LogP contribution < -0.4 is 5.73 Å². The lowest BCUT2D eigenvalue weighted by Gasteiger charge is -2.07. The van der Waals surface area contributed by atoms with Crippen LogP contribution in [0.3, 0.4) is 0 Å². The van der Waals surface area contributed by atoms with Gasteiger partial charge in [-0.1, -0.05) is 23.4 Å². The van der Waals surface area contributed by atoms with Crippen molar-refractivity contribution in [2.24, 2.45) is 10.9 Å². The monoisotopic (exact) mass is 300 g/mol. The standard InChI is InChI=1S/C13H12N6OS/c1-7-15-13(18-17-7)21-11-6-9(12(14)19-20)8-4-2-3-5-10(8)16-11/h2-6,20H,1H3,(H2,14,19)(H,15,17,18). The Morgan fingerprint density at radius 3 is 2.86 bits per heavy atom. The first-order valence-corrected chi connectivity index (χ1v) is 6.93. The van der Waals surface area contributed by atoms with E-state index in [2.05, 4.69) is 25.3 Å². The molecular formula is C13H12N6OS. The fourth-order valence-corrected chi connectivity index (χ4v) is 2.71. The second-order valence-electron chi connectivity index (χ2n) is 4.32. The molecule has 0 bridgehead atoms. The van der Waals surface area contributed by atoms with E-state index in [1.165, 1.54) is 11.8 Å². The number of nitrogens with zero attached hydrogens (tertiary/aromatic N) is 4. The van der Waals surface area contributed by atoms with Crippen LogP contribution in [-0.4, -0.2) is 31.2 Å². The van der Waals surface area contributed by atoms with Crippen LogP contribution >= 0.6 is 11.8 Å². The molecule has 0 saturated heterocycles. The SMILES string of the molecule is Cc1nc(Sc2cc(C(N)=NO)c3ccccc3n2)n[nH]1. The number of H-pyrrole nitrogens is 1. The second-order valence-corrected chi connectivity index (χ2v) is 5.30. The molecule has 1 aromatic carbocycles. The maximum absolute atomic E-state index is 8.94. The molecule has 3 rings (SSSR count). The highest BCUT2D eigenvalue weighted by atomic mass is 32.2. The first-order chi connectivity index (χ1) is 10.2. The van der Waals surface area contributed by atoms with E-state index in [0.717, 1.165) is 16.7 Å². The van der Waals surface area contributed by atoms with E-state index in [1.54, 1.807) is 6.07 Å². The Morgan fingerprint density at radius 1 is 1.33 bits per heavy atom. The number of oxime groups is 1. The van der Waals surface area contributed by atoms with Gasteiger partial charge in [0.25, 0.3) is 0 Å². The average molecular weight is 300 g/mol. The molecule has 8 heteroatoms. The zero-order valence-corrected chi connectivity index (χ0v) is 11.9. The van der Waals surface area contributed by atoms with Gasteiger partial charge in [0, 0.05) is 10.9 Å². The molecule has 3 aromatic rings. The lowest BCUT2D eigenvalue weighted by Crippen LogP contribution is -2.14. The summed E-state index contributed by atoms with van der Waals surface area (Å²) in [6, 6.07) is 9.27. The van der Waals surface area contributed by atoms with Gasteiger partial charge in [0.15, 0.2) is 5.84 Å². The van der Waals surface area contributed by atoms with Crippen molar-refractivity contribution in [2.75, 3.05) is 0 Å². The van der Waals surface area contributed by atoms with E-state index in [4.69, 9.17) is 10.9 Å². The van der Waals surface area contributed by atoms with Gasteiger partial charge in [-0.15, -0.1) is 5.10 Å². The summed E-state index contributed by atoms with van der Waals surface area (Å²) in [7, 11) is 0. The van der Waals surface area contributed by atoms with E-state index < -0.39 is 0 Å². The summed E-state index contributed by atoms with van der Waals surface area (Å²) in [5.41, 5.74) is 7.14. The zero-order chi connectivity index (χ0) is 14.8. The Kier molecular flexibility index (Phi) is 3.44. The first-order valence-electron chi connectivity index (χ1n) is 6.12. The Morgan fingerprint density at radius 2 is 2.14 bits per heavy atom. The Bertz CT molecular complexity index is 828. The fourth-order valence-electron chi connectivity index (χ4n) is 1.93. The molecule has 7 nitrogen and oxygen atoms in total. The quantitative estimate of drug-likeness (QED) is 0.295. The van der Waals surface area contributed by atoms with Crippen LogP contribution in [0.5, 0.6) is 0 Å². The molecule has 4 N–H and O–H groups in total. The third-order valence-corrected chi connectivity index (χ3v) is 3.63. The lowest BCUT2D eigenvalue weighted by atomic mass is 10.1. The van der Waals surface area contributed by atoms with Crippen LogP contribution in [-0.2, 0) is 0 Å². The number of rotatable bonds is 3. The van der Waals surface area contributed by atoms with Crippen LogP contribution in [0.2, 0.25) is 0 Å². The predicted octanol–water partition coefficient (Wildman–Crippen LogP) is 1.91. The topological polar surface area (TPSA) is 113 Å². The number of hydrogen-bond donors (Lipinski definition) is 3. The number of amidine groups is 1. The Labute approximate surface area is 124 Å². The van der Waals surface area contributed by atoms with Gasteiger partial charge in [-0.05, 0) is 30.8 Å². The number of fused-ring (bicyclic) bond motifs is 1. The summed E-state index contributed by atoms with van der Waals surface area (Å²) in [6.07, 6.45) is 0. The third kappa shape index (κ3) is 2.65. The highest BCUT2D eigenvalue weighted by Gasteiger charge is 2.11. The average Bonchev–Trinajstić information content (AvgIpc) is 2.90. The molecular weight excluding hydrogens is 288 g/mol. The minimum absolute atomic E-state index is 0.0432. The van der Waals surface area contributed by atoms with Gasteiger partial charge in [0.1, 0.15) is 10.9 Å². The van der Waals surface area contributed by atoms with E-state index in [1.807, 2.05) is 31.2 Å². The van der Waals surface area contributed by atoms with Crippen LogP contribution in [0.4, 0.5) is 0 Å². The summed E-state index contributed by atoms with van der Waals surface area (Å²) >= 11 is 1.31. The first kappa shape index (κ1) is 13.4. The molecule has 0 saturated carbocycles. The van der Waals surface area contributed by atoms with Crippen molar-refractivity contribution in [3.63, 3.8) is 0 Å². The Balaban J connectivity index is 2.11. The number of para-hydroxylation sites is 1. The summed E-state index contributed by atoms with van der Waals surface area (Å²) in [4.78, 5) is 8.76. The number of aromatic nitrogens is 4. The smallest absolute Gasteiger partial charge is 0.214 e. The van der Waals surface area contributed by atoms with E-state index in [0.29, 0.717) is 15.7 Å². The lowest BCUT2D eigenvalue weighted by molar-refractivity contribution is 0.318. The van der Waals surface area contributed by atoms with Crippen LogP contribution in [0, 0.1) is 6.92 Å². The number of hydrogen-bond acceptors (Lipinski definition) is 6. The molecule has 21 heavy (non-hydrogen) atoms. The number of benzene rings is 1. The maximum Gasteiger partial charge on any atom is 0.214 e. The van der Waals surface area contributed by atoms with Gasteiger partial charge in [-0.3, -0.25) is 5.10 Å². The minimum atomic E-state index is 0.0432. The third-order valence-electron chi connectivity index (χ3n) is 2.85. The molecule has 2 aromatic heterocycles. The van der Waals surface area contributed by atoms with Crippen molar-refractivity contribution in [3.8, 4) is 0 Å².